The minimum atomic E-state index is -0.481. The first-order valence-electron chi connectivity index (χ1n) is 5.80. The van der Waals surface area contributed by atoms with Crippen molar-refractivity contribution in [3.05, 3.63) is 45.6 Å². The molecule has 19 heavy (non-hydrogen) atoms. The molecule has 1 aromatic heterocycles. The van der Waals surface area contributed by atoms with Crippen molar-refractivity contribution < 1.29 is 14.6 Å². The van der Waals surface area contributed by atoms with Crippen molar-refractivity contribution >= 4 is 33.0 Å². The molecule has 0 unspecified atom stereocenters. The molecule has 0 bridgehead atoms. The third-order valence-electron chi connectivity index (χ3n) is 3.18. The predicted molar refractivity (Wildman–Crippen MR) is 77.6 cm³/mol. The van der Waals surface area contributed by atoms with Gasteiger partial charge in [0, 0.05) is 4.88 Å². The van der Waals surface area contributed by atoms with Gasteiger partial charge in [0.05, 0.1) is 0 Å². The summed E-state index contributed by atoms with van der Waals surface area (Å²) >= 11 is 4.97. The molecular weight excluding hydrogens is 328 g/mol. The number of aromatic hydroxyl groups is 1. The third-order valence-corrected chi connectivity index (χ3v) is 5.16. The van der Waals surface area contributed by atoms with Crippen molar-refractivity contribution in [2.24, 2.45) is 0 Å². The molecule has 0 aliphatic carbocycles. The van der Waals surface area contributed by atoms with Gasteiger partial charge < -0.3 is 9.84 Å². The molecule has 98 valence electrons. The second-order valence-corrected chi connectivity index (χ2v) is 6.36. The molecule has 0 radical (unpaired) electrons. The number of hydrogen-bond acceptors (Lipinski definition) is 4. The zero-order chi connectivity index (χ0) is 13.6. The maximum atomic E-state index is 12.4. The number of hydrogen-bond donors (Lipinski definition) is 1. The van der Waals surface area contributed by atoms with Gasteiger partial charge in [0.2, 0.25) is 0 Å². The largest absolute Gasteiger partial charge is 0.507 e. The lowest BCUT2D eigenvalue weighted by atomic mass is 9.98. The topological polar surface area (TPSA) is 46.5 Å². The number of halogens is 1. The van der Waals surface area contributed by atoms with Crippen LogP contribution in [0.2, 0.25) is 0 Å². The van der Waals surface area contributed by atoms with Gasteiger partial charge in [0.15, 0.2) is 11.9 Å². The molecule has 2 aromatic rings. The fraction of sp³-hybridized carbons (Fsp3) is 0.214. The Morgan fingerprint density at radius 1 is 1.37 bits per heavy atom. The van der Waals surface area contributed by atoms with Crippen LogP contribution in [0.5, 0.6) is 11.5 Å². The minimum Gasteiger partial charge on any atom is -0.507 e. The molecule has 1 N–H and O–H groups in total. The van der Waals surface area contributed by atoms with Crippen LogP contribution in [0.3, 0.4) is 0 Å². The zero-order valence-corrected chi connectivity index (χ0v) is 12.5. The van der Waals surface area contributed by atoms with E-state index in [0.29, 0.717) is 5.75 Å². The fourth-order valence-corrected chi connectivity index (χ4v) is 3.97. The quantitative estimate of drug-likeness (QED) is 0.803. The van der Waals surface area contributed by atoms with Gasteiger partial charge >= 0.3 is 0 Å². The molecular formula is C14H11BrO3S. The zero-order valence-electron chi connectivity index (χ0n) is 10.1. The molecule has 0 saturated carbocycles. The number of carbonyl (C=O) groups is 1. The molecule has 2 atom stereocenters. The summed E-state index contributed by atoms with van der Waals surface area (Å²) in [5.41, 5.74) is 1.37. The summed E-state index contributed by atoms with van der Waals surface area (Å²) in [5, 5.41) is 11.8. The van der Waals surface area contributed by atoms with Gasteiger partial charge in [0.25, 0.3) is 0 Å². The van der Waals surface area contributed by atoms with E-state index in [1.807, 2.05) is 18.4 Å². The Morgan fingerprint density at radius 3 is 2.84 bits per heavy atom. The number of benzene rings is 1. The average molecular weight is 339 g/mol. The van der Waals surface area contributed by atoms with E-state index in [2.05, 4.69) is 15.9 Å². The predicted octanol–water partition coefficient (Wildman–Crippen LogP) is 3.84. The number of thiophene rings is 1. The van der Waals surface area contributed by atoms with Crippen LogP contribution < -0.4 is 4.74 Å². The number of ether oxygens (including phenoxy) is 1. The third kappa shape index (κ3) is 1.97. The number of phenolic OH excluding ortho intramolecular Hbond substituents is 1. The van der Waals surface area contributed by atoms with E-state index in [9.17, 15) is 9.90 Å². The van der Waals surface area contributed by atoms with Crippen molar-refractivity contribution in [3.8, 4) is 11.5 Å². The molecule has 2 heterocycles. The number of Topliss-reactive ketones (excluding diaryl/α,β-unsaturated/α-hetero) is 1. The normalized spacial score (nSPS) is 21.9. The molecule has 0 fully saturated rings. The van der Waals surface area contributed by atoms with Crippen molar-refractivity contribution in [2.75, 3.05) is 0 Å². The summed E-state index contributed by atoms with van der Waals surface area (Å²) in [6.45, 7) is 2.00. The van der Waals surface area contributed by atoms with Gasteiger partial charge in [-0.1, -0.05) is 22.0 Å². The number of carbonyl (C=O) groups excluding carboxylic acids is 1. The van der Waals surface area contributed by atoms with E-state index >= 15 is 0 Å². The molecule has 0 amide bonds. The Balaban J connectivity index is 2.09. The van der Waals surface area contributed by atoms with Gasteiger partial charge in [-0.25, -0.2) is 0 Å². The number of ketones is 1. The summed E-state index contributed by atoms with van der Waals surface area (Å²) in [4.78, 5) is 12.9. The molecule has 0 saturated heterocycles. The molecule has 0 spiro atoms. The lowest BCUT2D eigenvalue weighted by Gasteiger charge is -2.29. The summed E-state index contributed by atoms with van der Waals surface area (Å²) in [5.74, 6) is 0.268. The molecule has 1 aliphatic rings. The maximum Gasteiger partial charge on any atom is 0.188 e. The second kappa shape index (κ2) is 4.65. The first-order valence-corrected chi connectivity index (χ1v) is 7.60. The van der Waals surface area contributed by atoms with Crippen LogP contribution in [-0.2, 0) is 0 Å². The second-order valence-electron chi connectivity index (χ2n) is 4.42. The molecule has 3 rings (SSSR count). The summed E-state index contributed by atoms with van der Waals surface area (Å²) in [7, 11) is 0. The van der Waals surface area contributed by atoms with E-state index in [0.717, 1.165) is 10.4 Å². The van der Waals surface area contributed by atoms with E-state index in [4.69, 9.17) is 4.74 Å². The minimum absolute atomic E-state index is 0.0340. The van der Waals surface area contributed by atoms with Gasteiger partial charge in [0.1, 0.15) is 21.9 Å². The van der Waals surface area contributed by atoms with Crippen LogP contribution in [0, 0.1) is 6.92 Å². The highest BCUT2D eigenvalue weighted by atomic mass is 79.9. The first-order chi connectivity index (χ1) is 9.09. The molecule has 1 aromatic carbocycles. The SMILES string of the molecule is Cc1ccsc1[C@@H]1Oc2cccc(O)c2C(=O)[C@@H]1Br. The number of phenols is 1. The lowest BCUT2D eigenvalue weighted by Crippen LogP contribution is -2.31. The fourth-order valence-electron chi connectivity index (χ4n) is 2.20. The monoisotopic (exact) mass is 338 g/mol. The standard InChI is InChI=1S/C14H11BrO3S/c1-7-5-6-19-14(7)13-11(15)12(17)10-8(16)3-2-4-9(10)18-13/h2-6,11,13,16H,1H3/t11-,13+/m0/s1. The Bertz CT molecular complexity index is 650. The molecule has 5 heteroatoms. The lowest BCUT2D eigenvalue weighted by molar-refractivity contribution is 0.0871. The van der Waals surface area contributed by atoms with Gasteiger partial charge in [-0.05, 0) is 36.1 Å². The van der Waals surface area contributed by atoms with Crippen molar-refractivity contribution in [3.63, 3.8) is 0 Å². The smallest absolute Gasteiger partial charge is 0.188 e. The van der Waals surface area contributed by atoms with Crippen LogP contribution in [0.15, 0.2) is 29.6 Å². The van der Waals surface area contributed by atoms with Gasteiger partial charge in [-0.2, -0.15) is 0 Å². The molecule has 1 aliphatic heterocycles. The van der Waals surface area contributed by atoms with Crippen LogP contribution in [0.1, 0.15) is 26.9 Å². The van der Waals surface area contributed by atoms with E-state index < -0.39 is 4.83 Å². The number of rotatable bonds is 1. The van der Waals surface area contributed by atoms with Crippen molar-refractivity contribution in [2.45, 2.75) is 17.9 Å². The van der Waals surface area contributed by atoms with Crippen LogP contribution in [-0.4, -0.2) is 15.7 Å². The van der Waals surface area contributed by atoms with Crippen LogP contribution in [0.25, 0.3) is 0 Å². The molecule has 3 nitrogen and oxygen atoms in total. The Morgan fingerprint density at radius 2 is 2.16 bits per heavy atom. The van der Waals surface area contributed by atoms with Crippen LogP contribution in [0.4, 0.5) is 0 Å². The van der Waals surface area contributed by atoms with Crippen molar-refractivity contribution in [1.82, 2.24) is 0 Å². The number of alkyl halides is 1. The first kappa shape index (κ1) is 12.7. The Hall–Kier alpha value is -1.33. The number of aryl methyl sites for hydroxylation is 1. The van der Waals surface area contributed by atoms with E-state index in [1.54, 1.807) is 23.5 Å². The highest BCUT2D eigenvalue weighted by molar-refractivity contribution is 9.10. The van der Waals surface area contributed by atoms with Gasteiger partial charge in [-0.3, -0.25) is 4.79 Å². The van der Waals surface area contributed by atoms with Gasteiger partial charge in [-0.15, -0.1) is 11.3 Å². The van der Waals surface area contributed by atoms with E-state index in [-0.39, 0.29) is 23.2 Å². The van der Waals surface area contributed by atoms with E-state index in [1.165, 1.54) is 6.07 Å². The Kier molecular flexibility index (Phi) is 3.11. The average Bonchev–Trinajstić information content (AvgIpc) is 2.80. The number of fused-ring (bicyclic) bond motifs is 1. The maximum absolute atomic E-state index is 12.4. The summed E-state index contributed by atoms with van der Waals surface area (Å²) in [6.07, 6.45) is -0.346. The van der Waals surface area contributed by atoms with Crippen LogP contribution >= 0.6 is 27.3 Å². The summed E-state index contributed by atoms with van der Waals surface area (Å²) in [6, 6.07) is 6.89. The summed E-state index contributed by atoms with van der Waals surface area (Å²) < 4.78 is 5.90. The highest BCUT2D eigenvalue weighted by Crippen LogP contribution is 2.43. The highest BCUT2D eigenvalue weighted by Gasteiger charge is 2.39. The van der Waals surface area contributed by atoms with Crippen molar-refractivity contribution in [1.29, 1.82) is 0 Å². The Labute approximate surface area is 123 Å².